The maximum Gasteiger partial charge on any atom is 0.410 e. The van der Waals surface area contributed by atoms with Gasteiger partial charge >= 0.3 is 6.09 Å². The van der Waals surface area contributed by atoms with Crippen LogP contribution in [0.5, 0.6) is 5.75 Å². The van der Waals surface area contributed by atoms with Gasteiger partial charge in [0.15, 0.2) is 0 Å². The van der Waals surface area contributed by atoms with Crippen LogP contribution in [0, 0.1) is 0 Å². The molecular formula is C38H44N2O4. The van der Waals surface area contributed by atoms with Gasteiger partial charge in [0.25, 0.3) is 5.91 Å². The molecule has 2 heterocycles. The SMILES string of the molecule is C=C1CN(C(=O)c2cccc3ccccc23)C(COc2ccc(C3CCN(C(=O)OC(C)(C)C)CC3)cc2)CC1=CC=CC. The highest BCUT2D eigenvalue weighted by Crippen LogP contribution is 2.32. The predicted molar refractivity (Wildman–Crippen MR) is 177 cm³/mol. The molecule has 3 aromatic rings. The minimum absolute atomic E-state index is 0.00490. The number of nitrogens with zero attached hydrogens (tertiary/aromatic N) is 2. The van der Waals surface area contributed by atoms with Crippen LogP contribution in [0.15, 0.2) is 103 Å². The number of hydrogen-bond acceptors (Lipinski definition) is 4. The van der Waals surface area contributed by atoms with E-state index in [1.165, 1.54) is 5.56 Å². The molecule has 0 saturated carbocycles. The number of likely N-dealkylation sites (tertiary alicyclic amines) is 2. The monoisotopic (exact) mass is 592 g/mol. The Morgan fingerprint density at radius 1 is 0.977 bits per heavy atom. The van der Waals surface area contributed by atoms with Gasteiger partial charge in [0.2, 0.25) is 0 Å². The number of piperidine rings is 2. The molecule has 6 nitrogen and oxygen atoms in total. The van der Waals surface area contributed by atoms with Gasteiger partial charge in [-0.2, -0.15) is 0 Å². The van der Waals surface area contributed by atoms with Crippen molar-refractivity contribution in [2.45, 2.75) is 64.5 Å². The number of carbonyl (C=O) groups is 2. The van der Waals surface area contributed by atoms with E-state index in [9.17, 15) is 9.59 Å². The molecule has 0 aliphatic carbocycles. The zero-order chi connectivity index (χ0) is 31.3. The van der Waals surface area contributed by atoms with Crippen LogP contribution in [-0.4, -0.2) is 59.7 Å². The number of allylic oxidation sites excluding steroid dienone is 3. The fourth-order valence-corrected chi connectivity index (χ4v) is 6.05. The van der Waals surface area contributed by atoms with Gasteiger partial charge in [-0.05, 0) is 98.6 Å². The molecule has 1 atom stereocenters. The van der Waals surface area contributed by atoms with Gasteiger partial charge < -0.3 is 19.3 Å². The Balaban J connectivity index is 1.26. The smallest absolute Gasteiger partial charge is 0.410 e. The highest BCUT2D eigenvalue weighted by atomic mass is 16.6. The Hall–Kier alpha value is -4.32. The van der Waals surface area contributed by atoms with Gasteiger partial charge in [0.05, 0.1) is 6.04 Å². The van der Waals surface area contributed by atoms with E-state index in [0.29, 0.717) is 44.1 Å². The van der Waals surface area contributed by atoms with Crippen LogP contribution < -0.4 is 4.74 Å². The molecule has 2 aliphatic heterocycles. The minimum atomic E-state index is -0.486. The Bertz CT molecular complexity index is 1550. The molecule has 0 bridgehead atoms. The first-order chi connectivity index (χ1) is 21.1. The predicted octanol–water partition coefficient (Wildman–Crippen LogP) is 8.31. The Kier molecular flexibility index (Phi) is 9.58. The second-order valence-corrected chi connectivity index (χ2v) is 12.8. The fraction of sp³-hybridized carbons (Fsp3) is 0.368. The Labute approximate surface area is 261 Å². The van der Waals surface area contributed by atoms with Crippen molar-refractivity contribution in [2.75, 3.05) is 26.2 Å². The lowest BCUT2D eigenvalue weighted by atomic mass is 9.89. The molecule has 0 radical (unpaired) electrons. The highest BCUT2D eigenvalue weighted by molar-refractivity contribution is 6.07. The van der Waals surface area contributed by atoms with Crippen LogP contribution in [0.1, 0.15) is 68.8 Å². The summed E-state index contributed by atoms with van der Waals surface area (Å²) in [7, 11) is 0. The van der Waals surface area contributed by atoms with Crippen molar-refractivity contribution < 1.29 is 19.1 Å². The Morgan fingerprint density at radius 2 is 1.68 bits per heavy atom. The molecule has 230 valence electrons. The molecular weight excluding hydrogens is 548 g/mol. The van der Waals surface area contributed by atoms with Gasteiger partial charge in [0.1, 0.15) is 18.0 Å². The molecule has 5 rings (SSSR count). The fourth-order valence-electron chi connectivity index (χ4n) is 6.05. The summed E-state index contributed by atoms with van der Waals surface area (Å²) < 4.78 is 11.9. The van der Waals surface area contributed by atoms with E-state index in [4.69, 9.17) is 9.47 Å². The average molecular weight is 593 g/mol. The summed E-state index contributed by atoms with van der Waals surface area (Å²) in [6.07, 6.45) is 8.37. The average Bonchev–Trinajstić information content (AvgIpc) is 3.02. The van der Waals surface area contributed by atoms with Crippen LogP contribution in [0.25, 0.3) is 10.8 Å². The molecule has 2 aliphatic rings. The Morgan fingerprint density at radius 3 is 2.39 bits per heavy atom. The zero-order valence-electron chi connectivity index (χ0n) is 26.4. The first kappa shape index (κ1) is 31.1. The lowest BCUT2D eigenvalue weighted by molar-refractivity contribution is 0.0204. The van der Waals surface area contributed by atoms with Crippen molar-refractivity contribution in [2.24, 2.45) is 0 Å². The minimum Gasteiger partial charge on any atom is -0.491 e. The van der Waals surface area contributed by atoms with E-state index in [1.54, 1.807) is 0 Å². The molecule has 2 amide bonds. The third kappa shape index (κ3) is 7.42. The maximum atomic E-state index is 14.0. The van der Waals surface area contributed by atoms with Crippen molar-refractivity contribution in [1.82, 2.24) is 9.80 Å². The number of carbonyl (C=O) groups excluding carboxylic acids is 2. The third-order valence-corrected chi connectivity index (χ3v) is 8.42. The van der Waals surface area contributed by atoms with Crippen molar-refractivity contribution in [1.29, 1.82) is 0 Å². The van der Waals surface area contributed by atoms with Gasteiger partial charge in [-0.25, -0.2) is 4.79 Å². The lowest BCUT2D eigenvalue weighted by Gasteiger charge is -2.38. The summed E-state index contributed by atoms with van der Waals surface area (Å²) in [6.45, 7) is 14.2. The second-order valence-electron chi connectivity index (χ2n) is 12.8. The van der Waals surface area contributed by atoms with E-state index in [0.717, 1.165) is 40.5 Å². The molecule has 0 aromatic heterocycles. The van der Waals surface area contributed by atoms with Crippen molar-refractivity contribution >= 4 is 22.8 Å². The molecule has 2 saturated heterocycles. The number of fused-ring (bicyclic) bond motifs is 1. The van der Waals surface area contributed by atoms with Crippen molar-refractivity contribution in [3.05, 3.63) is 114 Å². The molecule has 1 unspecified atom stereocenters. The van der Waals surface area contributed by atoms with Gasteiger partial charge in [0, 0.05) is 25.2 Å². The first-order valence-electron chi connectivity index (χ1n) is 15.6. The molecule has 3 aromatic carbocycles. The van der Waals surface area contributed by atoms with Crippen LogP contribution >= 0.6 is 0 Å². The summed E-state index contributed by atoms with van der Waals surface area (Å²) in [5, 5.41) is 2.00. The van der Waals surface area contributed by atoms with E-state index in [-0.39, 0.29) is 18.0 Å². The topological polar surface area (TPSA) is 59.1 Å². The standard InChI is InChI=1S/C38H44N2O4/c1-6-7-11-31-24-32(40(25-27(31)2)36(41)35-15-10-13-30-12-8-9-14-34(30)35)26-43-33-18-16-28(17-19-33)29-20-22-39(23-21-29)37(42)44-38(3,4)5/h6-19,29,32H,2,20-26H2,1,3-5H3. The van der Waals surface area contributed by atoms with E-state index in [1.807, 2.05) is 104 Å². The van der Waals surface area contributed by atoms with Crippen LogP contribution in [0.2, 0.25) is 0 Å². The normalized spacial score (nSPS) is 19.1. The van der Waals surface area contributed by atoms with Crippen LogP contribution in [0.3, 0.4) is 0 Å². The lowest BCUT2D eigenvalue weighted by Crippen LogP contribution is -2.48. The highest BCUT2D eigenvalue weighted by Gasteiger charge is 2.33. The second kappa shape index (κ2) is 13.5. The molecule has 44 heavy (non-hydrogen) atoms. The summed E-state index contributed by atoms with van der Waals surface area (Å²) in [5.74, 6) is 1.16. The first-order valence-corrected chi connectivity index (χ1v) is 15.6. The van der Waals surface area contributed by atoms with Crippen molar-refractivity contribution in [3.63, 3.8) is 0 Å². The van der Waals surface area contributed by atoms with Crippen molar-refractivity contribution in [3.8, 4) is 5.75 Å². The summed E-state index contributed by atoms with van der Waals surface area (Å²) in [6, 6.07) is 22.1. The molecule has 2 fully saturated rings. The van der Waals surface area contributed by atoms with Gasteiger partial charge in [-0.3, -0.25) is 4.79 Å². The quantitative estimate of drug-likeness (QED) is 0.289. The van der Waals surface area contributed by atoms with E-state index >= 15 is 0 Å². The molecule has 0 N–H and O–H groups in total. The third-order valence-electron chi connectivity index (χ3n) is 8.42. The number of rotatable bonds is 6. The number of benzene rings is 3. The molecule has 0 spiro atoms. The van der Waals surface area contributed by atoms with E-state index < -0.39 is 5.60 Å². The number of hydrogen-bond donors (Lipinski definition) is 0. The number of amides is 2. The van der Waals surface area contributed by atoms with E-state index in [2.05, 4.69) is 24.8 Å². The molecule has 6 heteroatoms. The number of ether oxygens (including phenoxy) is 2. The van der Waals surface area contributed by atoms with Crippen LogP contribution in [-0.2, 0) is 4.74 Å². The summed E-state index contributed by atoms with van der Waals surface area (Å²) in [4.78, 5) is 30.2. The summed E-state index contributed by atoms with van der Waals surface area (Å²) >= 11 is 0. The van der Waals surface area contributed by atoms with Crippen LogP contribution in [0.4, 0.5) is 4.79 Å². The van der Waals surface area contributed by atoms with Gasteiger partial charge in [-0.15, -0.1) is 0 Å². The maximum absolute atomic E-state index is 14.0. The largest absolute Gasteiger partial charge is 0.491 e. The van der Waals surface area contributed by atoms with Gasteiger partial charge in [-0.1, -0.05) is 73.3 Å². The zero-order valence-corrected chi connectivity index (χ0v) is 26.4. The summed E-state index contributed by atoms with van der Waals surface area (Å²) in [5.41, 5.74) is 3.56.